The minimum absolute atomic E-state index is 0.817. The molecule has 1 aromatic heterocycles. The van der Waals surface area contributed by atoms with Gasteiger partial charge >= 0.3 is 0 Å². The summed E-state index contributed by atoms with van der Waals surface area (Å²) in [7, 11) is 1.69. The van der Waals surface area contributed by atoms with Crippen LogP contribution in [0.5, 0.6) is 5.75 Å². The smallest absolute Gasteiger partial charge is 0.152 e. The number of anilines is 1. The largest absolute Gasteiger partial charge is 0.496 e. The molecule has 0 saturated heterocycles. The van der Waals surface area contributed by atoms with Crippen molar-refractivity contribution >= 4 is 5.82 Å². The van der Waals surface area contributed by atoms with Crippen molar-refractivity contribution in [2.45, 2.75) is 20.8 Å². The number of ether oxygens (including phenoxy) is 1. The molecule has 0 spiro atoms. The van der Waals surface area contributed by atoms with E-state index in [1.807, 2.05) is 19.9 Å². The Morgan fingerprint density at radius 3 is 2.53 bits per heavy atom. The summed E-state index contributed by atoms with van der Waals surface area (Å²) >= 11 is 0. The zero-order valence-electron chi connectivity index (χ0n) is 11.8. The molecule has 0 amide bonds. The van der Waals surface area contributed by atoms with E-state index < -0.39 is 0 Å². The van der Waals surface area contributed by atoms with Crippen molar-refractivity contribution in [3.05, 3.63) is 35.7 Å². The Labute approximate surface area is 113 Å². The molecule has 0 bridgehead atoms. The van der Waals surface area contributed by atoms with Gasteiger partial charge in [0, 0.05) is 24.5 Å². The normalized spacial score (nSPS) is 10.3. The van der Waals surface area contributed by atoms with Crippen LogP contribution in [0.1, 0.15) is 18.1 Å². The monoisotopic (exact) mass is 257 g/mol. The standard InChI is InChI=1S/C15H19N3O/c1-5-16-15-14(17-6-7-18-15)12-8-11(3)13(19-4)9-10(12)2/h6-9H,5H2,1-4H3,(H,16,18). The lowest BCUT2D eigenvalue weighted by Crippen LogP contribution is -2.03. The van der Waals surface area contributed by atoms with E-state index in [2.05, 4.69) is 28.3 Å². The number of benzene rings is 1. The third-order valence-corrected chi connectivity index (χ3v) is 3.04. The minimum atomic E-state index is 0.817. The molecule has 0 atom stereocenters. The van der Waals surface area contributed by atoms with E-state index in [1.54, 1.807) is 19.5 Å². The number of aryl methyl sites for hydroxylation is 2. The fourth-order valence-corrected chi connectivity index (χ4v) is 2.10. The number of hydrogen-bond donors (Lipinski definition) is 1. The van der Waals surface area contributed by atoms with Crippen LogP contribution in [0.3, 0.4) is 0 Å². The van der Waals surface area contributed by atoms with Crippen molar-refractivity contribution in [2.75, 3.05) is 19.0 Å². The molecule has 1 N–H and O–H groups in total. The van der Waals surface area contributed by atoms with Crippen LogP contribution >= 0.6 is 0 Å². The van der Waals surface area contributed by atoms with Crippen LogP contribution in [0.15, 0.2) is 24.5 Å². The Morgan fingerprint density at radius 2 is 1.84 bits per heavy atom. The molecule has 0 aliphatic rings. The summed E-state index contributed by atoms with van der Waals surface area (Å²) in [6, 6.07) is 4.13. The van der Waals surface area contributed by atoms with Gasteiger partial charge in [-0.3, -0.25) is 4.98 Å². The van der Waals surface area contributed by atoms with E-state index in [9.17, 15) is 0 Å². The SMILES string of the molecule is CCNc1nccnc1-c1cc(C)c(OC)cc1C. The number of hydrogen-bond acceptors (Lipinski definition) is 4. The number of nitrogens with zero attached hydrogens (tertiary/aromatic N) is 2. The van der Waals surface area contributed by atoms with E-state index in [0.717, 1.165) is 40.5 Å². The highest BCUT2D eigenvalue weighted by Gasteiger charge is 2.12. The molecule has 0 aliphatic carbocycles. The molecule has 2 aromatic rings. The number of methoxy groups -OCH3 is 1. The summed E-state index contributed by atoms with van der Waals surface area (Å²) in [6.07, 6.45) is 3.42. The maximum Gasteiger partial charge on any atom is 0.152 e. The first kappa shape index (κ1) is 13.3. The molecule has 4 nitrogen and oxygen atoms in total. The molecular formula is C15H19N3O. The Balaban J connectivity index is 2.56. The summed E-state index contributed by atoms with van der Waals surface area (Å²) < 4.78 is 5.34. The van der Waals surface area contributed by atoms with E-state index in [4.69, 9.17) is 4.74 Å². The minimum Gasteiger partial charge on any atom is -0.496 e. The second kappa shape index (κ2) is 5.69. The van der Waals surface area contributed by atoms with Gasteiger partial charge in [0.2, 0.25) is 0 Å². The van der Waals surface area contributed by atoms with Gasteiger partial charge in [-0.25, -0.2) is 4.98 Å². The van der Waals surface area contributed by atoms with Gasteiger partial charge in [-0.2, -0.15) is 0 Å². The molecule has 0 radical (unpaired) electrons. The van der Waals surface area contributed by atoms with E-state index in [-0.39, 0.29) is 0 Å². The maximum absolute atomic E-state index is 5.34. The van der Waals surface area contributed by atoms with Crippen molar-refractivity contribution in [2.24, 2.45) is 0 Å². The second-order valence-electron chi connectivity index (χ2n) is 4.42. The van der Waals surface area contributed by atoms with Gasteiger partial charge in [0.1, 0.15) is 11.4 Å². The van der Waals surface area contributed by atoms with Gasteiger partial charge in [0.25, 0.3) is 0 Å². The molecule has 100 valence electrons. The van der Waals surface area contributed by atoms with Crippen molar-refractivity contribution in [1.29, 1.82) is 0 Å². The van der Waals surface area contributed by atoms with Crippen LogP contribution < -0.4 is 10.1 Å². The second-order valence-corrected chi connectivity index (χ2v) is 4.42. The van der Waals surface area contributed by atoms with Gasteiger partial charge in [0.05, 0.1) is 7.11 Å². The van der Waals surface area contributed by atoms with Crippen LogP contribution in [-0.4, -0.2) is 23.6 Å². The van der Waals surface area contributed by atoms with E-state index in [1.165, 1.54) is 0 Å². The highest BCUT2D eigenvalue weighted by Crippen LogP contribution is 2.31. The fourth-order valence-electron chi connectivity index (χ4n) is 2.10. The molecule has 0 fully saturated rings. The van der Waals surface area contributed by atoms with Crippen molar-refractivity contribution in [1.82, 2.24) is 9.97 Å². The van der Waals surface area contributed by atoms with E-state index >= 15 is 0 Å². The van der Waals surface area contributed by atoms with Gasteiger partial charge in [0.15, 0.2) is 5.82 Å². The zero-order chi connectivity index (χ0) is 13.8. The quantitative estimate of drug-likeness (QED) is 0.913. The molecule has 1 heterocycles. The molecule has 19 heavy (non-hydrogen) atoms. The lowest BCUT2D eigenvalue weighted by atomic mass is 10.0. The summed E-state index contributed by atoms with van der Waals surface area (Å²) in [5.41, 5.74) is 4.19. The highest BCUT2D eigenvalue weighted by molar-refractivity contribution is 5.75. The number of aromatic nitrogens is 2. The van der Waals surface area contributed by atoms with Crippen LogP contribution in [0.2, 0.25) is 0 Å². The first-order valence-electron chi connectivity index (χ1n) is 6.37. The third-order valence-electron chi connectivity index (χ3n) is 3.04. The number of rotatable bonds is 4. The van der Waals surface area contributed by atoms with Crippen molar-refractivity contribution < 1.29 is 4.74 Å². The predicted molar refractivity (Wildman–Crippen MR) is 77.7 cm³/mol. The molecule has 1 aromatic carbocycles. The van der Waals surface area contributed by atoms with Gasteiger partial charge in [-0.05, 0) is 44.0 Å². The molecule has 0 saturated carbocycles. The molecular weight excluding hydrogens is 238 g/mol. The Kier molecular flexibility index (Phi) is 4.00. The predicted octanol–water partition coefficient (Wildman–Crippen LogP) is 3.20. The van der Waals surface area contributed by atoms with Crippen LogP contribution in [0, 0.1) is 13.8 Å². The molecule has 4 heteroatoms. The van der Waals surface area contributed by atoms with Gasteiger partial charge < -0.3 is 10.1 Å². The van der Waals surface area contributed by atoms with Crippen molar-refractivity contribution in [3.8, 4) is 17.0 Å². The van der Waals surface area contributed by atoms with Crippen molar-refractivity contribution in [3.63, 3.8) is 0 Å². The van der Waals surface area contributed by atoms with Gasteiger partial charge in [-0.1, -0.05) is 0 Å². The summed E-state index contributed by atoms with van der Waals surface area (Å²) in [4.78, 5) is 8.81. The first-order valence-corrected chi connectivity index (χ1v) is 6.37. The Hall–Kier alpha value is -2.10. The number of nitrogens with one attached hydrogen (secondary N) is 1. The van der Waals surface area contributed by atoms with E-state index in [0.29, 0.717) is 0 Å². The molecule has 0 unspecified atom stereocenters. The lowest BCUT2D eigenvalue weighted by Gasteiger charge is -2.13. The summed E-state index contributed by atoms with van der Waals surface area (Å²) in [5.74, 6) is 1.72. The van der Waals surface area contributed by atoms with Crippen LogP contribution in [0.4, 0.5) is 5.82 Å². The Bertz CT molecular complexity index is 582. The summed E-state index contributed by atoms with van der Waals surface area (Å²) in [5, 5.41) is 3.25. The first-order chi connectivity index (χ1) is 9.17. The van der Waals surface area contributed by atoms with Gasteiger partial charge in [-0.15, -0.1) is 0 Å². The van der Waals surface area contributed by atoms with Crippen LogP contribution in [0.25, 0.3) is 11.3 Å². The lowest BCUT2D eigenvalue weighted by molar-refractivity contribution is 0.411. The summed E-state index contributed by atoms with van der Waals surface area (Å²) in [6.45, 7) is 6.96. The maximum atomic E-state index is 5.34. The Morgan fingerprint density at radius 1 is 1.11 bits per heavy atom. The zero-order valence-corrected chi connectivity index (χ0v) is 11.8. The fraction of sp³-hybridized carbons (Fsp3) is 0.333. The average Bonchev–Trinajstić information content (AvgIpc) is 2.42. The topological polar surface area (TPSA) is 47.0 Å². The highest BCUT2D eigenvalue weighted by atomic mass is 16.5. The molecule has 2 rings (SSSR count). The molecule has 0 aliphatic heterocycles. The van der Waals surface area contributed by atoms with Crippen LogP contribution in [-0.2, 0) is 0 Å². The average molecular weight is 257 g/mol. The third kappa shape index (κ3) is 2.67.